The largest absolute Gasteiger partial charge is 0.468 e. The van der Waals surface area contributed by atoms with Crippen molar-refractivity contribution >= 4 is 22.0 Å². The van der Waals surface area contributed by atoms with E-state index < -0.39 is 0 Å². The predicted molar refractivity (Wildman–Crippen MR) is 157 cm³/mol. The molecule has 5 rings (SSSR count). The van der Waals surface area contributed by atoms with Crippen LogP contribution in [0.2, 0.25) is 0 Å². The molecular formula is C32H33BrN2O4. The van der Waals surface area contributed by atoms with Crippen molar-refractivity contribution in [3.8, 4) is 0 Å². The fraction of sp³-hybridized carbons (Fsp3) is 0.156. The number of halogens is 1. The van der Waals surface area contributed by atoms with Gasteiger partial charge in [-0.15, -0.1) is 0 Å². The van der Waals surface area contributed by atoms with Gasteiger partial charge in [-0.3, -0.25) is 4.90 Å². The second-order valence-electron chi connectivity index (χ2n) is 8.36. The Hall–Kier alpha value is -4.07. The molecule has 6 nitrogen and oxygen atoms in total. The zero-order valence-electron chi connectivity index (χ0n) is 21.7. The molecule has 0 unspecified atom stereocenters. The van der Waals surface area contributed by atoms with E-state index in [-0.39, 0.29) is 12.7 Å². The van der Waals surface area contributed by atoms with Gasteiger partial charge in [-0.2, -0.15) is 0 Å². The number of carbonyl (C=O) groups is 1. The van der Waals surface area contributed by atoms with Crippen molar-refractivity contribution in [1.82, 2.24) is 4.90 Å². The molecular weight excluding hydrogens is 556 g/mol. The summed E-state index contributed by atoms with van der Waals surface area (Å²) in [6.07, 6.45) is 2.85. The smallest absolute Gasteiger partial charge is 0.410 e. The third-order valence-electron chi connectivity index (χ3n) is 5.38. The number of hydrogen-bond acceptors (Lipinski definition) is 5. The zero-order valence-corrected chi connectivity index (χ0v) is 23.3. The standard InChI is InChI=1S/C20H19NO3.C7H7Br.C5H7NO/c22-20(24-16-18-10-5-2-6-11-18)21(15-19-12-7-13-23-19)14-17-8-3-1-4-9-17;8-6-7-4-2-1-3-5-7;6-4-5-2-1-3-7-5/h1-13H,14-16H2;1-5H,6H2;1-3H,4,6H2. The summed E-state index contributed by atoms with van der Waals surface area (Å²) in [7, 11) is 0. The number of carbonyl (C=O) groups excluding carboxylic acids is 1. The highest BCUT2D eigenvalue weighted by atomic mass is 79.9. The van der Waals surface area contributed by atoms with E-state index in [4.69, 9.17) is 19.3 Å². The molecule has 0 saturated carbocycles. The molecule has 0 fully saturated rings. The zero-order chi connectivity index (χ0) is 27.5. The van der Waals surface area contributed by atoms with Crippen molar-refractivity contribution in [2.75, 3.05) is 0 Å². The number of nitrogens with two attached hydrogens (primary N) is 1. The number of furan rings is 2. The van der Waals surface area contributed by atoms with E-state index in [2.05, 4.69) is 28.1 Å². The van der Waals surface area contributed by atoms with Gasteiger partial charge >= 0.3 is 6.09 Å². The number of hydrogen-bond donors (Lipinski definition) is 1. The quantitative estimate of drug-likeness (QED) is 0.186. The number of ether oxygens (including phenoxy) is 1. The minimum atomic E-state index is -0.362. The van der Waals surface area contributed by atoms with Gasteiger partial charge in [0.25, 0.3) is 0 Å². The second kappa shape index (κ2) is 17.4. The lowest BCUT2D eigenvalue weighted by Gasteiger charge is -2.21. The van der Waals surface area contributed by atoms with Crippen molar-refractivity contribution in [3.05, 3.63) is 156 Å². The molecule has 3 aromatic carbocycles. The molecule has 0 radical (unpaired) electrons. The lowest BCUT2D eigenvalue weighted by molar-refractivity contribution is 0.0884. The molecule has 2 N–H and O–H groups in total. The van der Waals surface area contributed by atoms with E-state index in [0.29, 0.717) is 19.6 Å². The first-order valence-corrected chi connectivity index (χ1v) is 13.6. The normalized spacial score (nSPS) is 9.90. The molecule has 202 valence electrons. The van der Waals surface area contributed by atoms with Gasteiger partial charge in [0.1, 0.15) is 18.1 Å². The lowest BCUT2D eigenvalue weighted by Crippen LogP contribution is -2.30. The molecule has 0 atom stereocenters. The summed E-state index contributed by atoms with van der Waals surface area (Å²) < 4.78 is 15.7. The Labute approximate surface area is 238 Å². The van der Waals surface area contributed by atoms with E-state index in [0.717, 1.165) is 28.0 Å². The number of benzene rings is 3. The first-order valence-electron chi connectivity index (χ1n) is 12.5. The molecule has 0 saturated heterocycles. The summed E-state index contributed by atoms with van der Waals surface area (Å²) in [4.78, 5) is 14.1. The molecule has 0 aliphatic heterocycles. The summed E-state index contributed by atoms with van der Waals surface area (Å²) >= 11 is 3.36. The van der Waals surface area contributed by atoms with Crippen LogP contribution in [-0.4, -0.2) is 11.0 Å². The minimum Gasteiger partial charge on any atom is -0.468 e. The molecule has 1 amide bonds. The third-order valence-corrected chi connectivity index (χ3v) is 6.03. The van der Waals surface area contributed by atoms with Crippen LogP contribution in [0, 0.1) is 0 Å². The Morgan fingerprint density at radius 3 is 1.62 bits per heavy atom. The highest BCUT2D eigenvalue weighted by molar-refractivity contribution is 9.08. The average Bonchev–Trinajstić information content (AvgIpc) is 3.73. The van der Waals surface area contributed by atoms with Crippen molar-refractivity contribution in [2.45, 2.75) is 31.6 Å². The number of amides is 1. The SMILES string of the molecule is BrCc1ccccc1.NCc1ccco1.O=C(OCc1ccccc1)N(Cc1ccccc1)Cc1ccco1. The van der Waals surface area contributed by atoms with E-state index in [1.807, 2.05) is 103 Å². The Bertz CT molecular complexity index is 1280. The van der Waals surface area contributed by atoms with Crippen LogP contribution in [0.15, 0.2) is 137 Å². The maximum absolute atomic E-state index is 12.5. The summed E-state index contributed by atoms with van der Waals surface area (Å²) in [6, 6.07) is 37.1. The minimum absolute atomic E-state index is 0.253. The molecule has 0 spiro atoms. The highest BCUT2D eigenvalue weighted by Crippen LogP contribution is 2.13. The summed E-state index contributed by atoms with van der Waals surface area (Å²) in [5.41, 5.74) is 8.53. The number of rotatable bonds is 8. The van der Waals surface area contributed by atoms with Crippen LogP contribution >= 0.6 is 15.9 Å². The lowest BCUT2D eigenvalue weighted by atomic mass is 10.2. The fourth-order valence-corrected chi connectivity index (χ4v) is 3.76. The van der Waals surface area contributed by atoms with E-state index in [9.17, 15) is 4.79 Å². The third kappa shape index (κ3) is 11.5. The van der Waals surface area contributed by atoms with E-state index in [1.165, 1.54) is 5.56 Å². The van der Waals surface area contributed by atoms with Crippen LogP contribution in [-0.2, 0) is 36.3 Å². The van der Waals surface area contributed by atoms with Crippen molar-refractivity contribution in [2.24, 2.45) is 5.73 Å². The van der Waals surface area contributed by atoms with Gasteiger partial charge in [-0.25, -0.2) is 4.79 Å². The Balaban J connectivity index is 0.000000227. The van der Waals surface area contributed by atoms with Crippen LogP contribution in [0.25, 0.3) is 0 Å². The number of alkyl halides is 1. The molecule has 0 aliphatic rings. The molecule has 7 heteroatoms. The van der Waals surface area contributed by atoms with Gasteiger partial charge in [0.2, 0.25) is 0 Å². The summed E-state index contributed by atoms with van der Waals surface area (Å²) in [5.74, 6) is 1.56. The molecule has 5 aromatic rings. The monoisotopic (exact) mass is 588 g/mol. The average molecular weight is 590 g/mol. The Morgan fingerprint density at radius 1 is 0.667 bits per heavy atom. The topological polar surface area (TPSA) is 81.8 Å². The predicted octanol–water partition coefficient (Wildman–Crippen LogP) is 7.94. The molecule has 2 aromatic heterocycles. The highest BCUT2D eigenvalue weighted by Gasteiger charge is 2.17. The van der Waals surface area contributed by atoms with Gasteiger partial charge in [0, 0.05) is 11.9 Å². The maximum atomic E-state index is 12.5. The van der Waals surface area contributed by atoms with Crippen LogP contribution in [0.3, 0.4) is 0 Å². The van der Waals surface area contributed by atoms with E-state index in [1.54, 1.807) is 17.4 Å². The number of nitrogens with zero attached hydrogens (tertiary/aromatic N) is 1. The summed E-state index contributed by atoms with van der Waals surface area (Å²) in [5, 5.41) is 0.952. The van der Waals surface area contributed by atoms with Crippen LogP contribution in [0.4, 0.5) is 4.79 Å². The first-order chi connectivity index (χ1) is 19.2. The van der Waals surface area contributed by atoms with Gasteiger partial charge in [0.05, 0.1) is 25.6 Å². The van der Waals surface area contributed by atoms with E-state index >= 15 is 0 Å². The van der Waals surface area contributed by atoms with Crippen LogP contribution in [0.5, 0.6) is 0 Å². The fourth-order valence-electron chi connectivity index (χ4n) is 3.39. The Kier molecular flexibility index (Phi) is 13.2. The molecule has 39 heavy (non-hydrogen) atoms. The summed E-state index contributed by atoms with van der Waals surface area (Å²) in [6.45, 7) is 1.58. The van der Waals surface area contributed by atoms with Gasteiger partial charge in [0.15, 0.2) is 0 Å². The molecule has 0 aliphatic carbocycles. The maximum Gasteiger partial charge on any atom is 0.410 e. The molecule has 2 heterocycles. The van der Waals surface area contributed by atoms with Crippen LogP contribution in [0.1, 0.15) is 28.2 Å². The van der Waals surface area contributed by atoms with Crippen molar-refractivity contribution in [3.63, 3.8) is 0 Å². The van der Waals surface area contributed by atoms with Gasteiger partial charge in [-0.05, 0) is 41.0 Å². The van der Waals surface area contributed by atoms with Crippen LogP contribution < -0.4 is 5.73 Å². The van der Waals surface area contributed by atoms with Crippen molar-refractivity contribution in [1.29, 1.82) is 0 Å². The van der Waals surface area contributed by atoms with Gasteiger partial charge < -0.3 is 19.3 Å². The second-order valence-corrected chi connectivity index (χ2v) is 8.92. The molecule has 0 bridgehead atoms. The first kappa shape index (κ1) is 29.5. The van der Waals surface area contributed by atoms with Gasteiger partial charge in [-0.1, -0.05) is 107 Å². The van der Waals surface area contributed by atoms with Crippen molar-refractivity contribution < 1.29 is 18.4 Å². The Morgan fingerprint density at radius 2 is 1.18 bits per heavy atom.